The second kappa shape index (κ2) is 3.06. The molecule has 1 aromatic rings. The Morgan fingerprint density at radius 1 is 1.13 bits per heavy atom. The molecule has 74 valence electrons. The average molecular weight is 216 g/mol. The lowest BCUT2D eigenvalue weighted by Crippen LogP contribution is -1.91. The summed E-state index contributed by atoms with van der Waals surface area (Å²) >= 11 is 1.57. The first-order chi connectivity index (χ1) is 7.36. The average Bonchev–Trinajstić information content (AvgIpc) is 2.83. The minimum absolute atomic E-state index is 0.496. The van der Waals surface area contributed by atoms with Crippen molar-refractivity contribution in [2.24, 2.45) is 0 Å². The maximum atomic E-state index is 5.69. The van der Waals surface area contributed by atoms with E-state index in [2.05, 4.69) is 10.2 Å². The maximum Gasteiger partial charge on any atom is 0.181 e. The minimum Gasteiger partial charge on any atom is -0.382 e. The normalized spacial score (nSPS) is 10.9. The van der Waals surface area contributed by atoms with Crippen LogP contribution in [-0.2, 0) is 0 Å². The van der Waals surface area contributed by atoms with Gasteiger partial charge in [0, 0.05) is 5.38 Å². The number of para-hydroxylation sites is 1. The summed E-state index contributed by atoms with van der Waals surface area (Å²) in [6, 6.07) is 10.0. The number of nitrogen functional groups attached to an aromatic ring is 1. The van der Waals surface area contributed by atoms with E-state index in [1.54, 1.807) is 11.5 Å². The number of hydrogen-bond acceptors (Lipinski definition) is 4. The molecular weight excluding hydrogens is 208 g/mol. The molecule has 0 radical (unpaired) electrons. The van der Waals surface area contributed by atoms with Crippen LogP contribution in [0.15, 0.2) is 35.7 Å². The summed E-state index contributed by atoms with van der Waals surface area (Å²) in [5, 5.41) is 9.88. The Kier molecular flexibility index (Phi) is 1.72. The lowest BCUT2D eigenvalue weighted by atomic mass is 10.3. The molecule has 0 aromatic heterocycles. The zero-order valence-corrected chi connectivity index (χ0v) is 8.61. The van der Waals surface area contributed by atoms with Crippen molar-refractivity contribution in [3.8, 4) is 17.1 Å². The molecule has 0 fully saturated rings. The zero-order valence-electron chi connectivity index (χ0n) is 7.79. The fourth-order valence-electron chi connectivity index (χ4n) is 1.49. The van der Waals surface area contributed by atoms with Crippen molar-refractivity contribution in [2.45, 2.75) is 0 Å². The highest BCUT2D eigenvalue weighted by Gasteiger charge is 2.17. The molecule has 0 saturated carbocycles. The van der Waals surface area contributed by atoms with E-state index in [0.717, 1.165) is 17.1 Å². The number of rotatable bonds is 1. The zero-order chi connectivity index (χ0) is 10.3. The van der Waals surface area contributed by atoms with Gasteiger partial charge in [-0.1, -0.05) is 29.7 Å². The topological polar surface area (TPSA) is 56.7 Å². The van der Waals surface area contributed by atoms with E-state index in [-0.39, 0.29) is 0 Å². The highest BCUT2D eigenvalue weighted by Crippen LogP contribution is 2.31. The molecule has 4 nitrogen and oxygen atoms in total. The van der Waals surface area contributed by atoms with Crippen molar-refractivity contribution >= 4 is 17.4 Å². The third kappa shape index (κ3) is 1.20. The molecule has 0 unspecified atom stereocenters. The first-order valence-electron chi connectivity index (χ1n) is 4.50. The van der Waals surface area contributed by atoms with Gasteiger partial charge in [0.05, 0.1) is 11.3 Å². The van der Waals surface area contributed by atoms with E-state index in [9.17, 15) is 0 Å². The Morgan fingerprint density at radius 2 is 1.93 bits per heavy atom. The van der Waals surface area contributed by atoms with Gasteiger partial charge in [0.1, 0.15) is 0 Å². The number of anilines is 1. The van der Waals surface area contributed by atoms with Gasteiger partial charge in [0.2, 0.25) is 0 Å². The van der Waals surface area contributed by atoms with E-state index in [0.29, 0.717) is 5.82 Å². The number of benzene rings is 1. The summed E-state index contributed by atoms with van der Waals surface area (Å²) in [5.74, 6) is 1.32. The van der Waals surface area contributed by atoms with Gasteiger partial charge < -0.3 is 5.73 Å². The molecule has 2 heterocycles. The van der Waals surface area contributed by atoms with E-state index < -0.39 is 0 Å². The molecule has 5 heteroatoms. The number of hydrogen-bond donors (Lipinski definition) is 1. The van der Waals surface area contributed by atoms with Gasteiger partial charge in [-0.15, -0.1) is 10.2 Å². The standard InChI is InChI=1S/C10H8N4S/c11-9-8-6-15-14(10(8)13-12-9)7-4-2-1-3-5-7/h1-6H,(H2,11,12). The van der Waals surface area contributed by atoms with Gasteiger partial charge in [0.25, 0.3) is 0 Å². The smallest absolute Gasteiger partial charge is 0.181 e. The van der Waals surface area contributed by atoms with Crippen molar-refractivity contribution in [1.82, 2.24) is 14.2 Å². The summed E-state index contributed by atoms with van der Waals surface area (Å²) in [5.41, 5.74) is 7.69. The molecule has 0 bridgehead atoms. The van der Waals surface area contributed by atoms with Crippen molar-refractivity contribution < 1.29 is 0 Å². The van der Waals surface area contributed by atoms with Crippen LogP contribution in [0.1, 0.15) is 0 Å². The Morgan fingerprint density at radius 3 is 2.73 bits per heavy atom. The molecule has 2 N–H and O–H groups in total. The molecule has 0 saturated heterocycles. The molecule has 0 aliphatic carbocycles. The van der Waals surface area contributed by atoms with E-state index in [1.807, 2.05) is 39.7 Å². The number of aromatic nitrogens is 3. The molecule has 3 rings (SSSR count). The monoisotopic (exact) mass is 216 g/mol. The first-order valence-corrected chi connectivity index (χ1v) is 5.34. The van der Waals surface area contributed by atoms with Crippen molar-refractivity contribution in [3.05, 3.63) is 35.7 Å². The van der Waals surface area contributed by atoms with Gasteiger partial charge in [-0.3, -0.25) is 0 Å². The summed E-state index contributed by atoms with van der Waals surface area (Å²) in [7, 11) is 0. The Hall–Kier alpha value is -1.88. The molecule has 1 aromatic carbocycles. The second-order valence-electron chi connectivity index (χ2n) is 3.18. The number of nitrogens with two attached hydrogens (primary N) is 1. The van der Waals surface area contributed by atoms with Crippen LogP contribution in [0.2, 0.25) is 0 Å². The van der Waals surface area contributed by atoms with Crippen LogP contribution in [0.25, 0.3) is 17.1 Å². The van der Waals surface area contributed by atoms with Crippen molar-refractivity contribution in [1.29, 1.82) is 0 Å². The summed E-state index contributed by atoms with van der Waals surface area (Å²) < 4.78 is 2.01. The largest absolute Gasteiger partial charge is 0.382 e. The summed E-state index contributed by atoms with van der Waals surface area (Å²) in [6.07, 6.45) is 0. The van der Waals surface area contributed by atoms with Gasteiger partial charge >= 0.3 is 0 Å². The van der Waals surface area contributed by atoms with E-state index >= 15 is 0 Å². The molecule has 2 aliphatic rings. The Labute approximate surface area is 90.5 Å². The SMILES string of the molecule is Nc1nnc2n(-c3ccccc3)scc1-2. The van der Waals surface area contributed by atoms with Crippen molar-refractivity contribution in [2.75, 3.05) is 5.73 Å². The van der Waals surface area contributed by atoms with Crippen LogP contribution in [0.4, 0.5) is 5.82 Å². The highest BCUT2D eigenvalue weighted by molar-refractivity contribution is 7.05. The van der Waals surface area contributed by atoms with Gasteiger partial charge in [-0.25, -0.2) is 3.96 Å². The molecule has 0 atom stereocenters. The van der Waals surface area contributed by atoms with Gasteiger partial charge in [0.15, 0.2) is 11.6 Å². The van der Waals surface area contributed by atoms with Gasteiger partial charge in [-0.2, -0.15) is 0 Å². The molecule has 0 amide bonds. The quantitative estimate of drug-likeness (QED) is 0.677. The van der Waals surface area contributed by atoms with E-state index in [1.165, 1.54) is 0 Å². The van der Waals surface area contributed by atoms with Crippen LogP contribution in [0.5, 0.6) is 0 Å². The summed E-state index contributed by atoms with van der Waals surface area (Å²) in [4.78, 5) is 0. The second-order valence-corrected chi connectivity index (χ2v) is 3.99. The third-order valence-electron chi connectivity index (χ3n) is 2.23. The van der Waals surface area contributed by atoms with Crippen LogP contribution < -0.4 is 5.73 Å². The van der Waals surface area contributed by atoms with Crippen molar-refractivity contribution in [3.63, 3.8) is 0 Å². The lowest BCUT2D eigenvalue weighted by Gasteiger charge is -2.01. The molecule has 2 aliphatic heterocycles. The number of nitrogens with zero attached hydrogens (tertiary/aromatic N) is 3. The van der Waals surface area contributed by atoms with Crippen LogP contribution in [0, 0.1) is 0 Å². The van der Waals surface area contributed by atoms with E-state index in [4.69, 9.17) is 5.73 Å². The third-order valence-corrected chi connectivity index (χ3v) is 3.16. The van der Waals surface area contributed by atoms with Crippen LogP contribution in [-0.4, -0.2) is 14.2 Å². The molecule has 15 heavy (non-hydrogen) atoms. The fourth-order valence-corrected chi connectivity index (χ4v) is 2.40. The molecular formula is C10H8N4S. The lowest BCUT2D eigenvalue weighted by molar-refractivity contribution is 1.04. The maximum absolute atomic E-state index is 5.69. The number of fused-ring (bicyclic) bond motifs is 1. The van der Waals surface area contributed by atoms with Crippen LogP contribution in [0.3, 0.4) is 0 Å². The predicted molar refractivity (Wildman–Crippen MR) is 60.3 cm³/mol. The van der Waals surface area contributed by atoms with Crippen LogP contribution >= 0.6 is 11.5 Å². The Bertz CT molecular complexity index is 554. The molecule has 0 spiro atoms. The fraction of sp³-hybridized carbons (Fsp3) is 0. The predicted octanol–water partition coefficient (Wildman–Crippen LogP) is 2.02. The first kappa shape index (κ1) is 8.43. The Balaban J connectivity index is 2.19. The van der Waals surface area contributed by atoms with Gasteiger partial charge in [-0.05, 0) is 12.1 Å². The summed E-state index contributed by atoms with van der Waals surface area (Å²) in [6.45, 7) is 0. The minimum atomic E-state index is 0.496. The highest BCUT2D eigenvalue weighted by atomic mass is 32.1.